The number of rotatable bonds is 1. The molecule has 0 saturated carbocycles. The summed E-state index contributed by atoms with van der Waals surface area (Å²) in [6, 6.07) is 0. The first-order chi connectivity index (χ1) is 6.55. The average Bonchev–Trinajstić information content (AvgIpc) is 2.43. The second-order valence-electron chi connectivity index (χ2n) is 3.97. The third kappa shape index (κ3) is 1.30. The molecule has 1 spiro atoms. The number of nitrogens with zero attached hydrogens (tertiary/aromatic N) is 1. The van der Waals surface area contributed by atoms with Crippen LogP contribution < -0.4 is 0 Å². The largest absolute Gasteiger partial charge is 0.481 e. The number of carboxylic acid groups (broad SMARTS) is 1. The molecule has 0 radical (unpaired) electrons. The number of amides is 1. The van der Waals surface area contributed by atoms with Gasteiger partial charge in [-0.2, -0.15) is 11.8 Å². The number of hydrogen-bond acceptors (Lipinski definition) is 3. The number of carbonyl (C=O) groups excluding carboxylic acids is 1. The summed E-state index contributed by atoms with van der Waals surface area (Å²) in [5, 5.41) is 9.02. The van der Waals surface area contributed by atoms with Crippen LogP contribution in [0.1, 0.15) is 13.3 Å². The summed E-state index contributed by atoms with van der Waals surface area (Å²) in [4.78, 5) is 23.7. The summed E-state index contributed by atoms with van der Waals surface area (Å²) >= 11 is 1.71. The first-order valence-electron chi connectivity index (χ1n) is 4.67. The zero-order chi connectivity index (χ0) is 10.3. The number of carbonyl (C=O) groups is 2. The fourth-order valence-corrected chi connectivity index (χ4v) is 3.90. The van der Waals surface area contributed by atoms with Gasteiger partial charge in [0.05, 0.1) is 10.7 Å². The van der Waals surface area contributed by atoms with Crippen LogP contribution in [0.2, 0.25) is 0 Å². The van der Waals surface area contributed by atoms with Crippen LogP contribution in [0.5, 0.6) is 0 Å². The lowest BCUT2D eigenvalue weighted by Crippen LogP contribution is -2.64. The first kappa shape index (κ1) is 9.83. The first-order valence-corrected chi connectivity index (χ1v) is 5.66. The maximum Gasteiger partial charge on any atom is 0.308 e. The Morgan fingerprint density at radius 2 is 2.14 bits per heavy atom. The van der Waals surface area contributed by atoms with E-state index in [0.717, 1.165) is 12.2 Å². The number of aliphatic carboxylic acids is 1. The Kier molecular flexibility index (Phi) is 2.21. The van der Waals surface area contributed by atoms with Gasteiger partial charge in [0.25, 0.3) is 0 Å². The fourth-order valence-electron chi connectivity index (χ4n) is 2.23. The van der Waals surface area contributed by atoms with Gasteiger partial charge in [0.15, 0.2) is 0 Å². The van der Waals surface area contributed by atoms with E-state index in [2.05, 4.69) is 0 Å². The van der Waals surface area contributed by atoms with E-state index < -0.39 is 5.97 Å². The van der Waals surface area contributed by atoms with Crippen LogP contribution in [-0.2, 0) is 9.59 Å². The third-order valence-corrected chi connectivity index (χ3v) is 4.65. The van der Waals surface area contributed by atoms with Gasteiger partial charge in [-0.3, -0.25) is 9.59 Å². The molecule has 0 bridgehead atoms. The molecular weight excluding hydrogens is 202 g/mol. The molecule has 2 saturated heterocycles. The van der Waals surface area contributed by atoms with Crippen LogP contribution in [0.4, 0.5) is 0 Å². The normalized spacial score (nSPS) is 28.9. The van der Waals surface area contributed by atoms with Gasteiger partial charge in [-0.05, 0) is 12.2 Å². The second kappa shape index (κ2) is 3.15. The molecule has 4 nitrogen and oxygen atoms in total. The molecule has 0 aromatic carbocycles. The highest BCUT2D eigenvalue weighted by atomic mass is 32.2. The molecule has 2 rings (SSSR count). The zero-order valence-electron chi connectivity index (χ0n) is 8.02. The lowest BCUT2D eigenvalue weighted by Gasteiger charge is -2.49. The van der Waals surface area contributed by atoms with E-state index in [0.29, 0.717) is 13.1 Å². The van der Waals surface area contributed by atoms with Gasteiger partial charge in [-0.25, -0.2) is 0 Å². The summed E-state index contributed by atoms with van der Waals surface area (Å²) in [5.74, 6) is -0.0172. The van der Waals surface area contributed by atoms with Crippen molar-refractivity contribution in [1.29, 1.82) is 0 Å². The minimum atomic E-state index is -0.710. The molecule has 0 aliphatic carbocycles. The molecule has 1 unspecified atom stereocenters. The smallest absolute Gasteiger partial charge is 0.308 e. The van der Waals surface area contributed by atoms with E-state index in [1.807, 2.05) is 0 Å². The van der Waals surface area contributed by atoms with E-state index in [1.165, 1.54) is 6.92 Å². The van der Waals surface area contributed by atoms with Crippen LogP contribution in [-0.4, -0.2) is 45.5 Å². The van der Waals surface area contributed by atoms with Crippen LogP contribution in [0.15, 0.2) is 0 Å². The average molecular weight is 215 g/mol. The Labute approximate surface area is 86.6 Å². The van der Waals surface area contributed by atoms with Gasteiger partial charge in [0.2, 0.25) is 5.91 Å². The number of thioether (sulfide) groups is 1. The minimum Gasteiger partial charge on any atom is -0.481 e. The molecule has 1 atom stereocenters. The quantitative estimate of drug-likeness (QED) is 0.689. The molecule has 78 valence electrons. The van der Waals surface area contributed by atoms with Crippen LogP contribution in [0.25, 0.3) is 0 Å². The van der Waals surface area contributed by atoms with Gasteiger partial charge in [0, 0.05) is 20.0 Å². The zero-order valence-corrected chi connectivity index (χ0v) is 8.84. The maximum absolute atomic E-state index is 11.0. The fraction of sp³-hybridized carbons (Fsp3) is 0.778. The molecule has 0 aromatic rings. The Morgan fingerprint density at radius 1 is 1.50 bits per heavy atom. The molecule has 2 aliphatic heterocycles. The Morgan fingerprint density at radius 3 is 2.64 bits per heavy atom. The van der Waals surface area contributed by atoms with E-state index in [1.54, 1.807) is 16.7 Å². The summed E-state index contributed by atoms with van der Waals surface area (Å²) in [6.45, 7) is 2.76. The van der Waals surface area contributed by atoms with Gasteiger partial charge in [-0.15, -0.1) is 0 Å². The van der Waals surface area contributed by atoms with Crippen molar-refractivity contribution < 1.29 is 14.7 Å². The monoisotopic (exact) mass is 215 g/mol. The highest BCUT2D eigenvalue weighted by molar-refractivity contribution is 8.01. The summed E-state index contributed by atoms with van der Waals surface area (Å²) in [7, 11) is 0. The third-order valence-electron chi connectivity index (χ3n) is 3.09. The predicted octanol–water partition coefficient (Wildman–Crippen LogP) is 0.425. The van der Waals surface area contributed by atoms with Crippen molar-refractivity contribution in [3.05, 3.63) is 0 Å². The highest BCUT2D eigenvalue weighted by Gasteiger charge is 2.55. The number of hydrogen-bond donors (Lipinski definition) is 1. The predicted molar refractivity (Wildman–Crippen MR) is 53.2 cm³/mol. The van der Waals surface area contributed by atoms with Gasteiger partial charge in [0.1, 0.15) is 0 Å². The van der Waals surface area contributed by atoms with Crippen LogP contribution >= 0.6 is 11.8 Å². The topological polar surface area (TPSA) is 57.6 Å². The van der Waals surface area contributed by atoms with Gasteiger partial charge < -0.3 is 10.0 Å². The molecule has 2 fully saturated rings. The maximum atomic E-state index is 11.0. The van der Waals surface area contributed by atoms with Crippen molar-refractivity contribution >= 4 is 23.6 Å². The molecular formula is C9H13NO3S. The Balaban J connectivity index is 2.05. The van der Waals surface area contributed by atoms with E-state index in [9.17, 15) is 9.59 Å². The molecule has 5 heteroatoms. The molecule has 1 N–H and O–H groups in total. The molecule has 0 aromatic heterocycles. The molecule has 1 amide bonds. The van der Waals surface area contributed by atoms with E-state index in [4.69, 9.17) is 5.11 Å². The lowest BCUT2D eigenvalue weighted by atomic mass is 9.83. The van der Waals surface area contributed by atoms with E-state index in [-0.39, 0.29) is 16.6 Å². The van der Waals surface area contributed by atoms with Crippen molar-refractivity contribution in [3.8, 4) is 0 Å². The Bertz CT molecular complexity index is 286. The lowest BCUT2D eigenvalue weighted by molar-refractivity contribution is -0.148. The summed E-state index contributed by atoms with van der Waals surface area (Å²) in [6.07, 6.45) is 0.742. The van der Waals surface area contributed by atoms with E-state index >= 15 is 0 Å². The second-order valence-corrected chi connectivity index (χ2v) is 5.48. The Hall–Kier alpha value is -0.710. The van der Waals surface area contributed by atoms with Crippen molar-refractivity contribution in [2.24, 2.45) is 5.92 Å². The standard InChI is InChI=1S/C9H13NO3S/c1-6(11)10-4-9(5-10)7(8(12)13)2-3-14-9/h7H,2-5H2,1H3,(H,12,13). The summed E-state index contributed by atoms with van der Waals surface area (Å²) in [5.41, 5.74) is 0. The van der Waals surface area contributed by atoms with Crippen LogP contribution in [0, 0.1) is 5.92 Å². The van der Waals surface area contributed by atoms with Crippen molar-refractivity contribution in [1.82, 2.24) is 4.90 Å². The highest BCUT2D eigenvalue weighted by Crippen LogP contribution is 2.49. The van der Waals surface area contributed by atoms with Crippen LogP contribution in [0.3, 0.4) is 0 Å². The minimum absolute atomic E-state index is 0.0484. The molecule has 14 heavy (non-hydrogen) atoms. The van der Waals surface area contributed by atoms with Gasteiger partial charge in [-0.1, -0.05) is 0 Å². The molecule has 2 heterocycles. The van der Waals surface area contributed by atoms with Crippen molar-refractivity contribution in [2.75, 3.05) is 18.8 Å². The number of likely N-dealkylation sites (tertiary alicyclic amines) is 1. The van der Waals surface area contributed by atoms with Gasteiger partial charge >= 0.3 is 5.97 Å². The van der Waals surface area contributed by atoms with Crippen molar-refractivity contribution in [3.63, 3.8) is 0 Å². The SMILES string of the molecule is CC(=O)N1CC2(C1)SCCC2C(=O)O. The number of carboxylic acids is 1. The summed E-state index contributed by atoms with van der Waals surface area (Å²) < 4.78 is -0.169. The van der Waals surface area contributed by atoms with Crippen molar-refractivity contribution in [2.45, 2.75) is 18.1 Å². The molecule has 2 aliphatic rings.